The van der Waals surface area contributed by atoms with Crippen LogP contribution in [0.1, 0.15) is 50.4 Å². The zero-order valence-electron chi connectivity index (χ0n) is 17.9. The van der Waals surface area contributed by atoms with Gasteiger partial charge in [-0.3, -0.25) is 4.79 Å². The van der Waals surface area contributed by atoms with Gasteiger partial charge in [-0.25, -0.2) is 12.8 Å². The molecule has 1 unspecified atom stereocenters. The topological polar surface area (TPSA) is 57.7 Å². The van der Waals surface area contributed by atoms with Gasteiger partial charge < -0.3 is 4.90 Å². The monoisotopic (exact) mass is 432 g/mol. The second-order valence-corrected chi connectivity index (χ2v) is 9.92. The molecule has 1 atom stereocenters. The third-order valence-electron chi connectivity index (χ3n) is 5.70. The number of halogens is 1. The van der Waals surface area contributed by atoms with E-state index in [-0.39, 0.29) is 29.1 Å². The third kappa shape index (κ3) is 4.42. The second kappa shape index (κ2) is 8.86. The van der Waals surface area contributed by atoms with Gasteiger partial charge in [0.05, 0.1) is 4.90 Å². The highest BCUT2D eigenvalue weighted by molar-refractivity contribution is 7.89. The molecule has 3 rings (SSSR count). The van der Waals surface area contributed by atoms with Crippen LogP contribution in [0.15, 0.2) is 47.4 Å². The first-order chi connectivity index (χ1) is 14.1. The minimum absolute atomic E-state index is 0.0778. The van der Waals surface area contributed by atoms with Gasteiger partial charge in [0.15, 0.2) is 0 Å². The summed E-state index contributed by atoms with van der Waals surface area (Å²) in [4.78, 5) is 14.4. The summed E-state index contributed by atoms with van der Waals surface area (Å²) in [6.45, 7) is 8.70. The number of sulfonamides is 1. The highest BCUT2D eigenvalue weighted by atomic mass is 32.2. The molecule has 2 aromatic carbocycles. The van der Waals surface area contributed by atoms with Crippen LogP contribution in [0, 0.1) is 11.7 Å². The Bertz CT molecular complexity index is 1020. The average Bonchev–Trinajstić information content (AvgIpc) is 2.73. The lowest BCUT2D eigenvalue weighted by molar-refractivity contribution is -0.135. The summed E-state index contributed by atoms with van der Waals surface area (Å²) in [5.41, 5.74) is 2.69. The Hall–Kier alpha value is -2.25. The summed E-state index contributed by atoms with van der Waals surface area (Å²) < 4.78 is 41.5. The van der Waals surface area contributed by atoms with E-state index in [1.54, 1.807) is 43.0 Å². The standard InChI is InChI=1S/C23H29FN2O3S/c1-5-26(17(4)18-6-9-21(24)10-7-18)30(28,29)22-11-8-19-12-13-25(15-20(19)14-22)23(27)16(2)3/h6-11,14,16-17H,5,12-13,15H2,1-4H3. The number of carbonyl (C=O) groups excluding carboxylic acids is 1. The summed E-state index contributed by atoms with van der Waals surface area (Å²) in [6, 6.07) is 10.7. The highest BCUT2D eigenvalue weighted by Crippen LogP contribution is 2.30. The van der Waals surface area contributed by atoms with E-state index >= 15 is 0 Å². The summed E-state index contributed by atoms with van der Waals surface area (Å²) in [5, 5.41) is 0. The number of amides is 1. The molecule has 0 saturated carbocycles. The van der Waals surface area contributed by atoms with Gasteiger partial charge in [0.2, 0.25) is 15.9 Å². The average molecular weight is 433 g/mol. The van der Waals surface area contributed by atoms with Crippen LogP contribution in [0.4, 0.5) is 4.39 Å². The predicted molar refractivity (Wildman–Crippen MR) is 115 cm³/mol. The molecule has 1 heterocycles. The number of rotatable bonds is 6. The van der Waals surface area contributed by atoms with E-state index in [4.69, 9.17) is 0 Å². The van der Waals surface area contributed by atoms with Gasteiger partial charge >= 0.3 is 0 Å². The van der Waals surface area contributed by atoms with E-state index in [1.807, 2.05) is 19.9 Å². The molecule has 7 heteroatoms. The molecule has 0 radical (unpaired) electrons. The second-order valence-electron chi connectivity index (χ2n) is 8.03. The van der Waals surface area contributed by atoms with Gasteiger partial charge in [0, 0.05) is 31.6 Å². The summed E-state index contributed by atoms with van der Waals surface area (Å²) in [6.07, 6.45) is 0.720. The third-order valence-corrected chi connectivity index (χ3v) is 7.74. The smallest absolute Gasteiger partial charge is 0.243 e. The fourth-order valence-corrected chi connectivity index (χ4v) is 5.62. The van der Waals surface area contributed by atoms with E-state index < -0.39 is 16.1 Å². The molecular weight excluding hydrogens is 403 g/mol. The van der Waals surface area contributed by atoms with Crippen molar-refractivity contribution in [1.29, 1.82) is 0 Å². The molecule has 0 fully saturated rings. The van der Waals surface area contributed by atoms with Crippen LogP contribution >= 0.6 is 0 Å². The number of hydrogen-bond donors (Lipinski definition) is 0. The molecule has 2 aromatic rings. The van der Waals surface area contributed by atoms with E-state index in [1.165, 1.54) is 16.4 Å². The fourth-order valence-electron chi connectivity index (χ4n) is 3.94. The van der Waals surface area contributed by atoms with Crippen molar-refractivity contribution in [2.24, 2.45) is 5.92 Å². The molecule has 1 amide bonds. The molecule has 0 bridgehead atoms. The van der Waals surface area contributed by atoms with Crippen LogP contribution in [0.25, 0.3) is 0 Å². The molecule has 0 saturated heterocycles. The first kappa shape index (κ1) is 22.4. The van der Waals surface area contributed by atoms with Crippen molar-refractivity contribution in [3.8, 4) is 0 Å². The maximum atomic E-state index is 13.4. The number of benzene rings is 2. The van der Waals surface area contributed by atoms with E-state index in [2.05, 4.69) is 0 Å². The molecule has 0 aromatic heterocycles. The van der Waals surface area contributed by atoms with Gasteiger partial charge in [-0.1, -0.05) is 39.0 Å². The van der Waals surface area contributed by atoms with Crippen molar-refractivity contribution in [3.05, 3.63) is 65.0 Å². The van der Waals surface area contributed by atoms with Crippen molar-refractivity contribution in [2.75, 3.05) is 13.1 Å². The first-order valence-corrected chi connectivity index (χ1v) is 11.8. The quantitative estimate of drug-likeness (QED) is 0.689. The van der Waals surface area contributed by atoms with E-state index in [0.717, 1.165) is 23.1 Å². The van der Waals surface area contributed by atoms with Gasteiger partial charge in [-0.05, 0) is 54.3 Å². The van der Waals surface area contributed by atoms with Crippen molar-refractivity contribution < 1.29 is 17.6 Å². The normalized spacial score (nSPS) is 15.4. The van der Waals surface area contributed by atoms with Gasteiger partial charge in [0.25, 0.3) is 0 Å². The Morgan fingerprint density at radius 1 is 1.10 bits per heavy atom. The van der Waals surface area contributed by atoms with Crippen LogP contribution in [0.2, 0.25) is 0 Å². The molecule has 0 N–H and O–H groups in total. The molecule has 30 heavy (non-hydrogen) atoms. The molecule has 1 aliphatic rings. The van der Waals surface area contributed by atoms with E-state index in [9.17, 15) is 17.6 Å². The van der Waals surface area contributed by atoms with Crippen molar-refractivity contribution >= 4 is 15.9 Å². The van der Waals surface area contributed by atoms with Crippen molar-refractivity contribution in [3.63, 3.8) is 0 Å². The summed E-state index contributed by atoms with van der Waals surface area (Å²) in [5.74, 6) is -0.369. The number of hydrogen-bond acceptors (Lipinski definition) is 3. The lowest BCUT2D eigenvalue weighted by Crippen LogP contribution is -2.38. The SMILES string of the molecule is CCN(C(C)c1ccc(F)cc1)S(=O)(=O)c1ccc2c(c1)CN(C(=O)C(C)C)CC2. The zero-order valence-corrected chi connectivity index (χ0v) is 18.7. The Balaban J connectivity index is 1.91. The van der Waals surface area contributed by atoms with Crippen LogP contribution in [-0.4, -0.2) is 36.6 Å². The zero-order chi connectivity index (χ0) is 22.1. The molecule has 0 spiro atoms. The Morgan fingerprint density at radius 3 is 2.37 bits per heavy atom. The van der Waals surface area contributed by atoms with Crippen LogP contribution in [0.5, 0.6) is 0 Å². The largest absolute Gasteiger partial charge is 0.338 e. The maximum Gasteiger partial charge on any atom is 0.243 e. The number of fused-ring (bicyclic) bond motifs is 1. The molecule has 0 aliphatic carbocycles. The minimum atomic E-state index is -3.76. The van der Waals surface area contributed by atoms with Crippen LogP contribution in [-0.2, 0) is 27.8 Å². The maximum absolute atomic E-state index is 13.4. The molecule has 5 nitrogen and oxygen atoms in total. The first-order valence-electron chi connectivity index (χ1n) is 10.3. The van der Waals surface area contributed by atoms with Crippen molar-refractivity contribution in [1.82, 2.24) is 9.21 Å². The van der Waals surface area contributed by atoms with Crippen LogP contribution in [0.3, 0.4) is 0 Å². The summed E-state index contributed by atoms with van der Waals surface area (Å²) >= 11 is 0. The Kier molecular flexibility index (Phi) is 6.62. The minimum Gasteiger partial charge on any atom is -0.338 e. The predicted octanol–water partition coefficient (Wildman–Crippen LogP) is 4.14. The highest BCUT2D eigenvalue weighted by Gasteiger charge is 2.30. The Morgan fingerprint density at radius 2 is 1.77 bits per heavy atom. The molecule has 162 valence electrons. The van der Waals surface area contributed by atoms with Crippen molar-refractivity contribution in [2.45, 2.75) is 51.6 Å². The molecular formula is C23H29FN2O3S. The lowest BCUT2D eigenvalue weighted by Gasteiger charge is -2.31. The fraction of sp³-hybridized carbons (Fsp3) is 0.435. The Labute approximate surface area is 178 Å². The number of nitrogens with zero attached hydrogens (tertiary/aromatic N) is 2. The summed E-state index contributed by atoms with van der Waals surface area (Å²) in [7, 11) is -3.76. The van der Waals surface area contributed by atoms with E-state index in [0.29, 0.717) is 13.1 Å². The number of carbonyl (C=O) groups is 1. The van der Waals surface area contributed by atoms with Crippen LogP contribution < -0.4 is 0 Å². The lowest BCUT2D eigenvalue weighted by atomic mass is 9.99. The van der Waals surface area contributed by atoms with Gasteiger partial charge in [0.1, 0.15) is 5.82 Å². The molecule has 1 aliphatic heterocycles. The van der Waals surface area contributed by atoms with Gasteiger partial charge in [-0.15, -0.1) is 0 Å². The van der Waals surface area contributed by atoms with Gasteiger partial charge in [-0.2, -0.15) is 4.31 Å².